The van der Waals surface area contributed by atoms with Crippen molar-refractivity contribution >= 4 is 33.3 Å². The Hall–Kier alpha value is -3.44. The molecule has 0 radical (unpaired) electrons. The van der Waals surface area contributed by atoms with Crippen LogP contribution in [0.1, 0.15) is 26.3 Å². The lowest BCUT2D eigenvalue weighted by Gasteiger charge is -2.12. The highest BCUT2D eigenvalue weighted by Crippen LogP contribution is 2.25. The third-order valence-electron chi connectivity index (χ3n) is 4.59. The zero-order valence-corrected chi connectivity index (χ0v) is 15.7. The summed E-state index contributed by atoms with van der Waals surface area (Å²) in [5.41, 5.74) is 3.50. The number of carboxylic acid groups (broad SMARTS) is 1. The van der Waals surface area contributed by atoms with Crippen molar-refractivity contribution in [2.24, 2.45) is 0 Å². The fraction of sp³-hybridized carbons (Fsp3) is 0.0435. The van der Waals surface area contributed by atoms with E-state index in [1.54, 1.807) is 29.5 Å². The normalized spacial score (nSPS) is 10.7. The molecule has 0 saturated heterocycles. The van der Waals surface area contributed by atoms with Gasteiger partial charge in [0.2, 0.25) is 0 Å². The highest BCUT2D eigenvalue weighted by atomic mass is 32.1. The Balaban J connectivity index is 1.56. The molecule has 28 heavy (non-hydrogen) atoms. The van der Waals surface area contributed by atoms with Crippen molar-refractivity contribution in [3.05, 3.63) is 94.9 Å². The highest BCUT2D eigenvalue weighted by Gasteiger charge is 2.11. The fourth-order valence-electron chi connectivity index (χ4n) is 3.16. The first kappa shape index (κ1) is 17.9. The van der Waals surface area contributed by atoms with Gasteiger partial charge in [-0.3, -0.25) is 4.79 Å². The second-order valence-electron chi connectivity index (χ2n) is 6.40. The first-order valence-electron chi connectivity index (χ1n) is 8.79. The van der Waals surface area contributed by atoms with E-state index in [2.05, 4.69) is 5.32 Å². The van der Waals surface area contributed by atoms with E-state index in [1.807, 2.05) is 60.0 Å². The van der Waals surface area contributed by atoms with E-state index in [1.165, 1.54) is 0 Å². The topological polar surface area (TPSA) is 66.4 Å². The predicted molar refractivity (Wildman–Crippen MR) is 112 cm³/mol. The van der Waals surface area contributed by atoms with E-state index in [4.69, 9.17) is 0 Å². The summed E-state index contributed by atoms with van der Waals surface area (Å²) in [4.78, 5) is 23.8. The van der Waals surface area contributed by atoms with E-state index >= 15 is 0 Å². The highest BCUT2D eigenvalue weighted by molar-refractivity contribution is 7.17. The maximum Gasteiger partial charge on any atom is 0.335 e. The Bertz CT molecular complexity index is 1180. The van der Waals surface area contributed by atoms with Gasteiger partial charge in [-0.15, -0.1) is 11.3 Å². The number of hydrogen-bond acceptors (Lipinski definition) is 3. The van der Waals surface area contributed by atoms with Gasteiger partial charge in [0.15, 0.2) is 0 Å². The van der Waals surface area contributed by atoms with Crippen molar-refractivity contribution in [3.63, 3.8) is 0 Å². The Labute approximate surface area is 166 Å². The Morgan fingerprint density at radius 3 is 2.61 bits per heavy atom. The molecule has 0 aliphatic rings. The molecule has 0 spiro atoms. The number of amides is 1. The molecule has 5 heteroatoms. The fourth-order valence-corrected chi connectivity index (χ4v) is 3.93. The lowest BCUT2D eigenvalue weighted by atomic mass is 9.98. The van der Waals surface area contributed by atoms with Crippen molar-refractivity contribution in [3.8, 4) is 11.1 Å². The smallest absolute Gasteiger partial charge is 0.335 e. The van der Waals surface area contributed by atoms with Crippen molar-refractivity contribution in [2.75, 3.05) is 0 Å². The molecule has 0 atom stereocenters. The summed E-state index contributed by atoms with van der Waals surface area (Å²) >= 11 is 1.65. The second-order valence-corrected chi connectivity index (χ2v) is 7.35. The molecule has 0 saturated carbocycles. The van der Waals surface area contributed by atoms with Gasteiger partial charge in [-0.05, 0) is 63.9 Å². The van der Waals surface area contributed by atoms with Gasteiger partial charge < -0.3 is 10.4 Å². The van der Waals surface area contributed by atoms with Crippen LogP contribution in [-0.4, -0.2) is 17.0 Å². The number of carboxylic acids is 1. The van der Waals surface area contributed by atoms with E-state index in [9.17, 15) is 14.7 Å². The van der Waals surface area contributed by atoms with E-state index in [0.29, 0.717) is 12.1 Å². The molecule has 0 bridgehead atoms. The van der Waals surface area contributed by atoms with Crippen LogP contribution in [0.4, 0.5) is 0 Å². The third kappa shape index (κ3) is 3.66. The lowest BCUT2D eigenvalue weighted by Crippen LogP contribution is -2.23. The Kier molecular flexibility index (Phi) is 4.91. The van der Waals surface area contributed by atoms with Crippen LogP contribution >= 0.6 is 11.3 Å². The number of thiophene rings is 1. The third-order valence-corrected chi connectivity index (χ3v) is 5.49. The number of aromatic carboxylic acids is 1. The van der Waals surface area contributed by atoms with Crippen molar-refractivity contribution < 1.29 is 14.7 Å². The molecule has 0 fully saturated rings. The average Bonchev–Trinajstić information content (AvgIpc) is 3.20. The van der Waals surface area contributed by atoms with Crippen LogP contribution in [0.25, 0.3) is 21.2 Å². The zero-order chi connectivity index (χ0) is 19.5. The summed E-state index contributed by atoms with van der Waals surface area (Å²) in [7, 11) is 0. The summed E-state index contributed by atoms with van der Waals surface area (Å²) in [5, 5.41) is 15.3. The van der Waals surface area contributed by atoms with Gasteiger partial charge in [-0.25, -0.2) is 4.79 Å². The number of nitrogens with one attached hydrogen (secondary N) is 1. The van der Waals surface area contributed by atoms with E-state index in [-0.39, 0.29) is 11.5 Å². The van der Waals surface area contributed by atoms with Crippen LogP contribution in [0.2, 0.25) is 0 Å². The Morgan fingerprint density at radius 1 is 0.893 bits per heavy atom. The molecule has 1 amide bonds. The average molecular weight is 387 g/mol. The van der Waals surface area contributed by atoms with Crippen LogP contribution in [0.15, 0.2) is 78.2 Å². The standard InChI is InChI=1S/C23H17NO3S/c25-22(17-8-9-21-16(13-17)10-11-28-21)24-14-19-4-1-2-7-20(19)15-5-3-6-18(12-15)23(26)27/h1-13H,14H2,(H,24,25)(H,26,27). The summed E-state index contributed by atoms with van der Waals surface area (Å²) in [6.45, 7) is 0.355. The van der Waals surface area contributed by atoms with Gasteiger partial charge in [0, 0.05) is 16.8 Å². The van der Waals surface area contributed by atoms with Crippen LogP contribution in [0.3, 0.4) is 0 Å². The summed E-state index contributed by atoms with van der Waals surface area (Å²) in [5.74, 6) is -1.10. The molecule has 0 unspecified atom stereocenters. The first-order chi connectivity index (χ1) is 13.6. The van der Waals surface area contributed by atoms with Crippen molar-refractivity contribution in [2.45, 2.75) is 6.54 Å². The molecule has 1 heterocycles. The van der Waals surface area contributed by atoms with Gasteiger partial charge in [0.25, 0.3) is 5.91 Å². The lowest BCUT2D eigenvalue weighted by molar-refractivity contribution is 0.0696. The number of hydrogen-bond donors (Lipinski definition) is 2. The molecular weight excluding hydrogens is 370 g/mol. The van der Waals surface area contributed by atoms with Gasteiger partial charge in [0.05, 0.1) is 5.56 Å². The van der Waals surface area contributed by atoms with Gasteiger partial charge in [-0.2, -0.15) is 0 Å². The van der Waals surface area contributed by atoms with E-state index in [0.717, 1.165) is 26.8 Å². The minimum atomic E-state index is -0.962. The summed E-state index contributed by atoms with van der Waals surface area (Å²) < 4.78 is 1.15. The largest absolute Gasteiger partial charge is 0.478 e. The number of carbonyl (C=O) groups excluding carboxylic acids is 1. The van der Waals surface area contributed by atoms with Crippen molar-refractivity contribution in [1.82, 2.24) is 5.32 Å². The van der Waals surface area contributed by atoms with Gasteiger partial charge in [0.1, 0.15) is 0 Å². The Morgan fingerprint density at radius 2 is 1.75 bits per heavy atom. The molecule has 4 rings (SSSR count). The summed E-state index contributed by atoms with van der Waals surface area (Å²) in [6.07, 6.45) is 0. The number of benzene rings is 3. The van der Waals surface area contributed by atoms with Crippen LogP contribution in [0, 0.1) is 0 Å². The SMILES string of the molecule is O=C(O)c1cccc(-c2ccccc2CNC(=O)c2ccc3sccc3c2)c1. The predicted octanol–water partition coefficient (Wildman–Crippen LogP) is 5.20. The van der Waals surface area contributed by atoms with Crippen molar-refractivity contribution in [1.29, 1.82) is 0 Å². The molecule has 3 aromatic carbocycles. The van der Waals surface area contributed by atoms with Crippen LogP contribution in [0.5, 0.6) is 0 Å². The minimum absolute atomic E-state index is 0.137. The summed E-state index contributed by atoms with van der Waals surface area (Å²) in [6, 6.07) is 22.2. The van der Waals surface area contributed by atoms with Gasteiger partial charge in [-0.1, -0.05) is 36.4 Å². The number of carbonyl (C=O) groups is 2. The zero-order valence-electron chi connectivity index (χ0n) is 14.9. The minimum Gasteiger partial charge on any atom is -0.478 e. The first-order valence-corrected chi connectivity index (χ1v) is 9.67. The maximum atomic E-state index is 12.6. The molecule has 1 aromatic heterocycles. The van der Waals surface area contributed by atoms with Crippen LogP contribution in [-0.2, 0) is 6.54 Å². The molecule has 138 valence electrons. The molecule has 0 aliphatic heterocycles. The quantitative estimate of drug-likeness (QED) is 0.495. The number of rotatable bonds is 5. The number of fused-ring (bicyclic) bond motifs is 1. The molecule has 4 nitrogen and oxygen atoms in total. The second kappa shape index (κ2) is 7.66. The molecule has 0 aliphatic carbocycles. The van der Waals surface area contributed by atoms with Crippen LogP contribution < -0.4 is 5.32 Å². The van der Waals surface area contributed by atoms with E-state index < -0.39 is 5.97 Å². The molecule has 4 aromatic rings. The molecule has 2 N–H and O–H groups in total. The monoisotopic (exact) mass is 387 g/mol. The maximum absolute atomic E-state index is 12.6. The molecular formula is C23H17NO3S. The van der Waals surface area contributed by atoms with Gasteiger partial charge >= 0.3 is 5.97 Å².